The van der Waals surface area contributed by atoms with Crippen LogP contribution in [0.2, 0.25) is 0 Å². The summed E-state index contributed by atoms with van der Waals surface area (Å²) in [4.78, 5) is 16.7. The number of nitrogens with zero attached hydrogens (tertiary/aromatic N) is 3. The summed E-state index contributed by atoms with van der Waals surface area (Å²) in [7, 11) is 1.56. The van der Waals surface area contributed by atoms with Crippen LogP contribution in [0.4, 0.5) is 0 Å². The van der Waals surface area contributed by atoms with Crippen LogP contribution in [-0.4, -0.2) is 29.4 Å². The molecule has 0 atom stereocenters. The van der Waals surface area contributed by atoms with Crippen LogP contribution in [0.25, 0.3) is 5.69 Å². The van der Waals surface area contributed by atoms with E-state index >= 15 is 0 Å². The maximum absolute atomic E-state index is 12.5. The second kappa shape index (κ2) is 9.50. The van der Waals surface area contributed by atoms with E-state index < -0.39 is 0 Å². The minimum atomic E-state index is -0.363. The Kier molecular flexibility index (Phi) is 6.57. The van der Waals surface area contributed by atoms with Crippen LogP contribution in [0, 0.1) is 0 Å². The van der Waals surface area contributed by atoms with Crippen molar-refractivity contribution >= 4 is 5.91 Å². The van der Waals surface area contributed by atoms with Gasteiger partial charge in [0.2, 0.25) is 5.88 Å². The molecule has 1 heterocycles. The minimum absolute atomic E-state index is 0.363. The topological polar surface area (TPSA) is 65.7 Å². The van der Waals surface area contributed by atoms with Crippen LogP contribution in [0.15, 0.2) is 71.9 Å². The molecule has 0 bridgehead atoms. The standard InChI is InChI=1S/C22H23N3O3/c1-3-4-13-28-21-15-18(16-23-25(21)19-10-6-5-7-11-19)24-22(26)17-9-8-12-20(14-17)27-2/h5-12,14-16H,3-4,13H2,1-2H3. The maximum atomic E-state index is 12.5. The van der Waals surface area contributed by atoms with Gasteiger partial charge in [-0.2, -0.15) is 5.10 Å². The second-order valence-electron chi connectivity index (χ2n) is 6.15. The van der Waals surface area contributed by atoms with Crippen molar-refractivity contribution in [1.29, 1.82) is 0 Å². The summed E-state index contributed by atoms with van der Waals surface area (Å²) in [6, 6.07) is 18.3. The number of rotatable bonds is 7. The molecule has 0 saturated carbocycles. The van der Waals surface area contributed by atoms with Gasteiger partial charge in [-0.15, -0.1) is 0 Å². The van der Waals surface area contributed by atoms with Crippen LogP contribution < -0.4 is 14.8 Å². The first-order chi connectivity index (χ1) is 13.7. The van der Waals surface area contributed by atoms with Gasteiger partial charge in [-0.05, 0) is 36.8 Å². The zero-order valence-corrected chi connectivity index (χ0v) is 16.0. The van der Waals surface area contributed by atoms with Gasteiger partial charge in [0.1, 0.15) is 5.75 Å². The summed E-state index contributed by atoms with van der Waals surface area (Å²) in [5.74, 6) is 0.787. The number of hydrogen-bond donors (Lipinski definition) is 0. The molecule has 0 N–H and O–H groups in total. The van der Waals surface area contributed by atoms with Gasteiger partial charge in [0.05, 0.1) is 31.0 Å². The molecule has 144 valence electrons. The van der Waals surface area contributed by atoms with Gasteiger partial charge < -0.3 is 9.47 Å². The van der Waals surface area contributed by atoms with Crippen molar-refractivity contribution in [1.82, 2.24) is 9.78 Å². The molecule has 0 aliphatic carbocycles. The average Bonchev–Trinajstić information content (AvgIpc) is 2.75. The van der Waals surface area contributed by atoms with E-state index in [1.54, 1.807) is 48.3 Å². The third kappa shape index (κ3) is 4.85. The lowest BCUT2D eigenvalue weighted by molar-refractivity contribution is 0.0998. The second-order valence-corrected chi connectivity index (χ2v) is 6.15. The molecule has 2 aromatic carbocycles. The summed E-state index contributed by atoms with van der Waals surface area (Å²) in [5.41, 5.74) is 1.33. The van der Waals surface area contributed by atoms with Crippen LogP contribution in [-0.2, 0) is 0 Å². The number of carbonyl (C=O) groups excluding carboxylic acids is 1. The lowest BCUT2D eigenvalue weighted by Crippen LogP contribution is -2.15. The summed E-state index contributed by atoms with van der Waals surface area (Å²) < 4.78 is 12.8. The number of carbonyl (C=O) groups is 1. The van der Waals surface area contributed by atoms with Crippen molar-refractivity contribution in [3.05, 3.63) is 77.8 Å². The molecule has 0 aliphatic rings. The van der Waals surface area contributed by atoms with E-state index in [1.165, 1.54) is 0 Å². The number of aromatic nitrogens is 2. The third-order valence-corrected chi connectivity index (χ3v) is 4.08. The molecule has 3 aromatic rings. The molecule has 0 saturated heterocycles. The van der Waals surface area contributed by atoms with E-state index in [9.17, 15) is 4.79 Å². The van der Waals surface area contributed by atoms with Gasteiger partial charge in [-0.25, -0.2) is 9.67 Å². The monoisotopic (exact) mass is 377 g/mol. The molecule has 28 heavy (non-hydrogen) atoms. The molecule has 3 rings (SSSR count). The fraction of sp³-hybridized carbons (Fsp3) is 0.227. The quantitative estimate of drug-likeness (QED) is 0.588. The first kappa shape index (κ1) is 19.4. The molecule has 6 nitrogen and oxygen atoms in total. The van der Waals surface area contributed by atoms with Crippen LogP contribution in [0.1, 0.15) is 30.1 Å². The molecule has 0 radical (unpaired) electrons. The van der Waals surface area contributed by atoms with Gasteiger partial charge >= 0.3 is 0 Å². The van der Waals surface area contributed by atoms with Crippen LogP contribution in [0.3, 0.4) is 0 Å². The Balaban J connectivity index is 1.95. The zero-order valence-electron chi connectivity index (χ0n) is 16.0. The predicted molar refractivity (Wildman–Crippen MR) is 107 cm³/mol. The fourth-order valence-electron chi connectivity index (χ4n) is 2.58. The van der Waals surface area contributed by atoms with Crippen molar-refractivity contribution in [3.63, 3.8) is 0 Å². The van der Waals surface area contributed by atoms with Gasteiger partial charge in [-0.1, -0.05) is 37.6 Å². The molecular formula is C22H23N3O3. The molecule has 1 amide bonds. The molecule has 1 aromatic heterocycles. The van der Waals surface area contributed by atoms with E-state index in [0.29, 0.717) is 29.2 Å². The Morgan fingerprint density at radius 1 is 1.11 bits per heavy atom. The van der Waals surface area contributed by atoms with Crippen LogP contribution in [0.5, 0.6) is 11.6 Å². The third-order valence-electron chi connectivity index (χ3n) is 4.08. The highest BCUT2D eigenvalue weighted by Gasteiger charge is 2.08. The first-order valence-electron chi connectivity index (χ1n) is 9.22. The highest BCUT2D eigenvalue weighted by atomic mass is 16.5. The van der Waals surface area contributed by atoms with Gasteiger partial charge in [0, 0.05) is 11.6 Å². The number of amides is 1. The van der Waals surface area contributed by atoms with Gasteiger partial charge in [0.25, 0.3) is 5.91 Å². The Bertz CT molecular complexity index is 997. The van der Waals surface area contributed by atoms with Crippen LogP contribution >= 0.6 is 0 Å². The smallest absolute Gasteiger partial charge is 0.277 e. The average molecular weight is 377 g/mol. The molecule has 0 aliphatic heterocycles. The highest BCUT2D eigenvalue weighted by Crippen LogP contribution is 2.15. The van der Waals surface area contributed by atoms with E-state index in [1.807, 2.05) is 30.3 Å². The van der Waals surface area contributed by atoms with Crippen molar-refractivity contribution in [2.75, 3.05) is 13.7 Å². The Morgan fingerprint density at radius 3 is 2.68 bits per heavy atom. The maximum Gasteiger partial charge on any atom is 0.277 e. The van der Waals surface area contributed by atoms with Gasteiger partial charge in [0.15, 0.2) is 0 Å². The number of para-hydroxylation sites is 1. The number of benzene rings is 2. The summed E-state index contributed by atoms with van der Waals surface area (Å²) in [5, 5.41) is 4.87. The number of ether oxygens (including phenoxy) is 2. The van der Waals surface area contributed by atoms with Crippen molar-refractivity contribution in [2.24, 2.45) is 4.99 Å². The van der Waals surface area contributed by atoms with E-state index in [2.05, 4.69) is 17.0 Å². The Hall–Kier alpha value is -3.41. The van der Waals surface area contributed by atoms with Gasteiger partial charge in [-0.3, -0.25) is 4.79 Å². The lowest BCUT2D eigenvalue weighted by Gasteiger charge is -2.13. The SMILES string of the molecule is CCCCOc1cc(=NC(=O)c2cccc(OC)c2)cnn1-c1ccccc1. The minimum Gasteiger partial charge on any atom is -0.497 e. The summed E-state index contributed by atoms with van der Waals surface area (Å²) >= 11 is 0. The largest absolute Gasteiger partial charge is 0.497 e. The Labute approximate surface area is 164 Å². The molecule has 0 spiro atoms. The first-order valence-corrected chi connectivity index (χ1v) is 9.22. The molecular weight excluding hydrogens is 354 g/mol. The normalized spacial score (nSPS) is 11.3. The Morgan fingerprint density at radius 2 is 1.93 bits per heavy atom. The number of methoxy groups -OCH3 is 1. The van der Waals surface area contributed by atoms with Crippen molar-refractivity contribution in [2.45, 2.75) is 19.8 Å². The van der Waals surface area contributed by atoms with E-state index in [-0.39, 0.29) is 5.91 Å². The highest BCUT2D eigenvalue weighted by molar-refractivity contribution is 5.95. The lowest BCUT2D eigenvalue weighted by atomic mass is 10.2. The fourth-order valence-corrected chi connectivity index (χ4v) is 2.58. The summed E-state index contributed by atoms with van der Waals surface area (Å²) in [6.07, 6.45) is 3.51. The van der Waals surface area contributed by atoms with E-state index in [4.69, 9.17) is 9.47 Å². The summed E-state index contributed by atoms with van der Waals surface area (Å²) in [6.45, 7) is 2.67. The molecule has 0 fully saturated rings. The molecule has 0 unspecified atom stereocenters. The van der Waals surface area contributed by atoms with Crippen molar-refractivity contribution in [3.8, 4) is 17.3 Å². The number of hydrogen-bond acceptors (Lipinski definition) is 4. The van der Waals surface area contributed by atoms with Crippen molar-refractivity contribution < 1.29 is 14.3 Å². The predicted octanol–water partition coefficient (Wildman–Crippen LogP) is 3.80. The van der Waals surface area contributed by atoms with E-state index in [0.717, 1.165) is 18.5 Å². The zero-order chi connectivity index (χ0) is 19.8. The molecule has 6 heteroatoms. The number of unbranched alkanes of at least 4 members (excludes halogenated alkanes) is 1.